The van der Waals surface area contributed by atoms with E-state index in [0.29, 0.717) is 5.82 Å². The summed E-state index contributed by atoms with van der Waals surface area (Å²) < 4.78 is 0. The van der Waals surface area contributed by atoms with Crippen LogP contribution in [0.3, 0.4) is 0 Å². The number of amides is 3. The Morgan fingerprint density at radius 2 is 1.83 bits per heavy atom. The third kappa shape index (κ3) is 5.36. The van der Waals surface area contributed by atoms with Gasteiger partial charge in [-0.15, -0.1) is 0 Å². The fourth-order valence-corrected chi connectivity index (χ4v) is 1.48. The average Bonchev–Trinajstić information content (AvgIpc) is 2.87. The lowest BCUT2D eigenvalue weighted by Crippen LogP contribution is -2.45. The van der Waals surface area contributed by atoms with Gasteiger partial charge < -0.3 is 11.3 Å². The molecule has 1 saturated heterocycles. The van der Waals surface area contributed by atoms with Crippen molar-refractivity contribution in [3.63, 3.8) is 0 Å². The summed E-state index contributed by atoms with van der Waals surface area (Å²) in [7, 11) is 0. The molecular formula is C13H19N7O3. The number of hydrazone groups is 1. The standard InChI is InChI=1S/C10H11N5O3.C3H8N2/c11-13-7-2-1-6(5-12-7)10(18)14-15-8(16)3-4-9(15)17;1-3(2)5-4/h1-2,5H,3-4,11H2,(H,12,13)(H,14,18);4H2,1-2H3. The molecule has 2 rings (SSSR count). The lowest BCUT2D eigenvalue weighted by atomic mass is 10.3. The first kappa shape index (κ1) is 18.0. The number of anilines is 1. The van der Waals surface area contributed by atoms with Crippen LogP contribution in [0.25, 0.3) is 0 Å². The Hall–Kier alpha value is -3.01. The molecular weight excluding hydrogens is 302 g/mol. The lowest BCUT2D eigenvalue weighted by Gasteiger charge is -2.14. The Morgan fingerprint density at radius 1 is 1.26 bits per heavy atom. The zero-order chi connectivity index (χ0) is 17.4. The summed E-state index contributed by atoms with van der Waals surface area (Å²) in [6, 6.07) is 2.98. The third-order valence-electron chi connectivity index (χ3n) is 2.70. The number of nitrogens with two attached hydrogens (primary N) is 2. The van der Waals surface area contributed by atoms with Crippen LogP contribution in [0.4, 0.5) is 5.82 Å². The lowest BCUT2D eigenvalue weighted by molar-refractivity contribution is -0.141. The minimum Gasteiger partial charge on any atom is -0.323 e. The third-order valence-corrected chi connectivity index (χ3v) is 2.70. The number of hydrazine groups is 2. The van der Waals surface area contributed by atoms with Crippen molar-refractivity contribution in [3.8, 4) is 0 Å². The number of carbonyl (C=O) groups is 3. The van der Waals surface area contributed by atoms with Crippen LogP contribution in [0.5, 0.6) is 0 Å². The molecule has 23 heavy (non-hydrogen) atoms. The van der Waals surface area contributed by atoms with Gasteiger partial charge in [0.05, 0.1) is 5.56 Å². The number of nitrogens with zero attached hydrogens (tertiary/aromatic N) is 3. The van der Waals surface area contributed by atoms with E-state index in [1.807, 2.05) is 13.8 Å². The highest BCUT2D eigenvalue weighted by Gasteiger charge is 2.30. The van der Waals surface area contributed by atoms with Crippen LogP contribution < -0.4 is 22.5 Å². The Balaban J connectivity index is 0.000000463. The monoisotopic (exact) mass is 321 g/mol. The Kier molecular flexibility index (Phi) is 6.62. The molecule has 0 atom stereocenters. The first-order valence-electron chi connectivity index (χ1n) is 6.69. The van der Waals surface area contributed by atoms with E-state index in [-0.39, 0.29) is 18.4 Å². The molecule has 3 amide bonds. The molecule has 6 N–H and O–H groups in total. The molecule has 1 fully saturated rings. The molecule has 124 valence electrons. The van der Waals surface area contributed by atoms with Crippen molar-refractivity contribution in [1.82, 2.24) is 15.4 Å². The topological polar surface area (TPSA) is 156 Å². The van der Waals surface area contributed by atoms with Gasteiger partial charge in [0, 0.05) is 24.8 Å². The fraction of sp³-hybridized carbons (Fsp3) is 0.308. The molecule has 1 aliphatic heterocycles. The second-order valence-corrected chi connectivity index (χ2v) is 4.72. The van der Waals surface area contributed by atoms with E-state index in [0.717, 1.165) is 10.7 Å². The number of pyridine rings is 1. The average molecular weight is 321 g/mol. The second kappa shape index (κ2) is 8.44. The van der Waals surface area contributed by atoms with Gasteiger partial charge in [0.1, 0.15) is 5.82 Å². The minimum absolute atomic E-state index is 0.118. The SMILES string of the molecule is CC(C)=NN.NNc1ccc(C(=O)NN2C(=O)CCC2=O)cn1. The van der Waals surface area contributed by atoms with Gasteiger partial charge in [-0.3, -0.25) is 19.8 Å². The van der Waals surface area contributed by atoms with E-state index in [1.54, 1.807) is 0 Å². The maximum absolute atomic E-state index is 11.7. The van der Waals surface area contributed by atoms with Crippen LogP contribution in [0.1, 0.15) is 37.0 Å². The number of carbonyl (C=O) groups excluding carboxylic acids is 3. The zero-order valence-corrected chi connectivity index (χ0v) is 12.9. The van der Waals surface area contributed by atoms with Crippen LogP contribution in [0.2, 0.25) is 0 Å². The van der Waals surface area contributed by atoms with Crippen molar-refractivity contribution in [3.05, 3.63) is 23.9 Å². The summed E-state index contributed by atoms with van der Waals surface area (Å²) in [4.78, 5) is 38.2. The van der Waals surface area contributed by atoms with E-state index < -0.39 is 17.7 Å². The molecule has 0 bridgehead atoms. The first-order valence-corrected chi connectivity index (χ1v) is 6.69. The molecule has 1 aromatic rings. The van der Waals surface area contributed by atoms with Crippen molar-refractivity contribution in [2.45, 2.75) is 26.7 Å². The van der Waals surface area contributed by atoms with Crippen molar-refractivity contribution in [1.29, 1.82) is 0 Å². The Bertz CT molecular complexity index is 592. The van der Waals surface area contributed by atoms with Gasteiger partial charge in [0.15, 0.2) is 0 Å². The molecule has 0 radical (unpaired) electrons. The number of nitrogen functional groups attached to an aromatic ring is 1. The summed E-state index contributed by atoms with van der Waals surface area (Å²) in [5, 5.41) is 4.04. The number of nitrogens with one attached hydrogen (secondary N) is 2. The van der Waals surface area contributed by atoms with Crippen molar-refractivity contribution in [2.75, 3.05) is 5.43 Å². The highest BCUT2D eigenvalue weighted by Crippen LogP contribution is 2.10. The maximum Gasteiger partial charge on any atom is 0.271 e. The number of hydrogen-bond donors (Lipinski definition) is 4. The van der Waals surface area contributed by atoms with Gasteiger partial charge in [-0.1, -0.05) is 0 Å². The molecule has 0 unspecified atom stereocenters. The van der Waals surface area contributed by atoms with Crippen LogP contribution in [0, 0.1) is 0 Å². The normalized spacial score (nSPS) is 13.1. The van der Waals surface area contributed by atoms with E-state index in [9.17, 15) is 14.4 Å². The molecule has 1 aliphatic rings. The predicted octanol–water partition coefficient (Wildman–Crippen LogP) is -0.498. The number of rotatable bonds is 3. The van der Waals surface area contributed by atoms with Crippen LogP contribution in [-0.2, 0) is 9.59 Å². The number of hydrogen-bond acceptors (Lipinski definition) is 8. The van der Waals surface area contributed by atoms with Crippen molar-refractivity contribution in [2.24, 2.45) is 16.8 Å². The van der Waals surface area contributed by atoms with Gasteiger partial charge in [0.2, 0.25) is 11.8 Å². The smallest absolute Gasteiger partial charge is 0.271 e. The van der Waals surface area contributed by atoms with Gasteiger partial charge in [0.25, 0.3) is 5.91 Å². The molecule has 0 saturated carbocycles. The summed E-state index contributed by atoms with van der Waals surface area (Å²) >= 11 is 0. The number of imide groups is 1. The summed E-state index contributed by atoms with van der Waals surface area (Å²) in [5.41, 5.74) is 5.69. The van der Waals surface area contributed by atoms with E-state index >= 15 is 0 Å². The molecule has 1 aromatic heterocycles. The summed E-state index contributed by atoms with van der Waals surface area (Å²) in [5.74, 6) is 8.89. The van der Waals surface area contributed by atoms with Crippen LogP contribution >= 0.6 is 0 Å². The molecule has 10 nitrogen and oxygen atoms in total. The van der Waals surface area contributed by atoms with Crippen molar-refractivity contribution < 1.29 is 14.4 Å². The summed E-state index contributed by atoms with van der Waals surface area (Å²) in [6.45, 7) is 3.69. The van der Waals surface area contributed by atoms with Crippen molar-refractivity contribution >= 4 is 29.3 Å². The minimum atomic E-state index is -0.574. The Morgan fingerprint density at radius 3 is 2.22 bits per heavy atom. The molecule has 2 heterocycles. The fourth-order valence-electron chi connectivity index (χ4n) is 1.48. The molecule has 0 aliphatic carbocycles. The Labute approximate surface area is 132 Å². The van der Waals surface area contributed by atoms with E-state index in [1.165, 1.54) is 18.3 Å². The van der Waals surface area contributed by atoms with Gasteiger partial charge in [-0.2, -0.15) is 10.1 Å². The molecule has 0 aromatic carbocycles. The highest BCUT2D eigenvalue weighted by atomic mass is 16.2. The van der Waals surface area contributed by atoms with E-state index in [2.05, 4.69) is 20.9 Å². The van der Waals surface area contributed by atoms with Gasteiger partial charge in [-0.05, 0) is 26.0 Å². The quantitative estimate of drug-likeness (QED) is 0.253. The van der Waals surface area contributed by atoms with Gasteiger partial charge >= 0.3 is 0 Å². The molecule has 0 spiro atoms. The summed E-state index contributed by atoms with van der Waals surface area (Å²) in [6.07, 6.45) is 1.52. The predicted molar refractivity (Wildman–Crippen MR) is 83.6 cm³/mol. The highest BCUT2D eigenvalue weighted by molar-refractivity contribution is 6.05. The van der Waals surface area contributed by atoms with E-state index in [4.69, 9.17) is 11.7 Å². The maximum atomic E-state index is 11.7. The first-order chi connectivity index (χ1) is 10.9. The zero-order valence-electron chi connectivity index (χ0n) is 12.9. The second-order valence-electron chi connectivity index (χ2n) is 4.72. The molecule has 10 heteroatoms. The van der Waals surface area contributed by atoms with Crippen LogP contribution in [0.15, 0.2) is 23.4 Å². The van der Waals surface area contributed by atoms with Gasteiger partial charge in [-0.25, -0.2) is 10.8 Å². The van der Waals surface area contributed by atoms with Crippen LogP contribution in [-0.4, -0.2) is 33.4 Å². The largest absolute Gasteiger partial charge is 0.323 e. The number of aromatic nitrogens is 1.